The zero-order valence-corrected chi connectivity index (χ0v) is 8.54. The van der Waals surface area contributed by atoms with Gasteiger partial charge in [-0.05, 0) is 24.1 Å². The third kappa shape index (κ3) is 3.46. The summed E-state index contributed by atoms with van der Waals surface area (Å²) in [6, 6.07) is 6.06. The molecule has 0 amide bonds. The maximum absolute atomic E-state index is 12.6. The predicted octanol–water partition coefficient (Wildman–Crippen LogP) is 3.44. The van der Waals surface area contributed by atoms with Crippen LogP contribution in [0, 0.1) is 5.82 Å². The van der Waals surface area contributed by atoms with Crippen LogP contribution in [0.2, 0.25) is 0 Å². The molecule has 2 heteroatoms. The number of hydrogen-bond donors (Lipinski definition) is 1. The van der Waals surface area contributed by atoms with Crippen LogP contribution in [0.25, 0.3) is 0 Å². The molecule has 0 spiro atoms. The third-order valence-corrected chi connectivity index (χ3v) is 2.34. The molecule has 0 saturated carbocycles. The number of hydrogen-bond acceptors (Lipinski definition) is 1. The van der Waals surface area contributed by atoms with Crippen molar-refractivity contribution in [3.05, 3.63) is 35.6 Å². The maximum atomic E-state index is 12.6. The second kappa shape index (κ2) is 5.76. The van der Waals surface area contributed by atoms with Crippen LogP contribution < -0.4 is 0 Å². The van der Waals surface area contributed by atoms with E-state index < -0.39 is 6.10 Å². The molecule has 1 unspecified atom stereocenters. The van der Waals surface area contributed by atoms with E-state index in [-0.39, 0.29) is 5.82 Å². The number of halogens is 1. The van der Waals surface area contributed by atoms with Gasteiger partial charge < -0.3 is 5.11 Å². The minimum absolute atomic E-state index is 0.255. The quantitative estimate of drug-likeness (QED) is 0.715. The van der Waals surface area contributed by atoms with Gasteiger partial charge in [-0.3, -0.25) is 0 Å². The monoisotopic (exact) mass is 196 g/mol. The number of aliphatic hydroxyl groups is 1. The first-order chi connectivity index (χ1) is 6.74. The predicted molar refractivity (Wildman–Crippen MR) is 55.5 cm³/mol. The summed E-state index contributed by atoms with van der Waals surface area (Å²) >= 11 is 0. The number of aliphatic hydroxyl groups excluding tert-OH is 1. The van der Waals surface area contributed by atoms with Gasteiger partial charge in [-0.25, -0.2) is 4.39 Å². The van der Waals surface area contributed by atoms with E-state index in [0.29, 0.717) is 0 Å². The molecule has 78 valence electrons. The van der Waals surface area contributed by atoms with E-state index in [4.69, 9.17) is 0 Å². The Kier molecular flexibility index (Phi) is 4.60. The van der Waals surface area contributed by atoms with Gasteiger partial charge in [0.05, 0.1) is 6.10 Å². The Morgan fingerprint density at radius 2 is 1.86 bits per heavy atom. The van der Waals surface area contributed by atoms with Gasteiger partial charge in [0.1, 0.15) is 5.82 Å². The molecule has 14 heavy (non-hydrogen) atoms. The molecule has 0 heterocycles. The van der Waals surface area contributed by atoms with Crippen molar-refractivity contribution in [3.8, 4) is 0 Å². The topological polar surface area (TPSA) is 20.2 Å². The molecule has 1 rings (SSSR count). The first kappa shape index (κ1) is 11.2. The average Bonchev–Trinajstić information content (AvgIpc) is 2.19. The largest absolute Gasteiger partial charge is 0.388 e. The molecule has 1 aromatic rings. The summed E-state index contributed by atoms with van der Waals surface area (Å²) in [6.07, 6.45) is 3.63. The lowest BCUT2D eigenvalue weighted by molar-refractivity contribution is 0.163. The van der Waals surface area contributed by atoms with Gasteiger partial charge in [0.2, 0.25) is 0 Å². The van der Waals surface area contributed by atoms with Gasteiger partial charge in [-0.15, -0.1) is 0 Å². The Labute approximate surface area is 84.6 Å². The molecule has 0 fully saturated rings. The maximum Gasteiger partial charge on any atom is 0.123 e. The standard InChI is InChI=1S/C12H17FO/c1-2-3-4-5-12(14)10-6-8-11(13)9-7-10/h6-9,12,14H,2-5H2,1H3. The lowest BCUT2D eigenvalue weighted by Crippen LogP contribution is -1.97. The SMILES string of the molecule is CCCCCC(O)c1ccc(F)cc1. The van der Waals surface area contributed by atoms with Crippen molar-refractivity contribution in [2.45, 2.75) is 38.7 Å². The molecule has 1 atom stereocenters. The molecule has 0 aromatic heterocycles. The van der Waals surface area contributed by atoms with Crippen molar-refractivity contribution in [1.82, 2.24) is 0 Å². The van der Waals surface area contributed by atoms with Gasteiger partial charge >= 0.3 is 0 Å². The van der Waals surface area contributed by atoms with E-state index in [1.165, 1.54) is 12.1 Å². The van der Waals surface area contributed by atoms with Crippen LogP contribution >= 0.6 is 0 Å². The molecule has 0 radical (unpaired) electrons. The average molecular weight is 196 g/mol. The molecule has 0 aliphatic heterocycles. The summed E-state index contributed by atoms with van der Waals surface area (Å²) in [4.78, 5) is 0. The van der Waals surface area contributed by atoms with Crippen molar-refractivity contribution in [3.63, 3.8) is 0 Å². The molecule has 1 aromatic carbocycles. The van der Waals surface area contributed by atoms with Crippen molar-refractivity contribution in [1.29, 1.82) is 0 Å². The van der Waals surface area contributed by atoms with E-state index in [9.17, 15) is 9.50 Å². The highest BCUT2D eigenvalue weighted by Crippen LogP contribution is 2.19. The van der Waals surface area contributed by atoms with E-state index >= 15 is 0 Å². The Morgan fingerprint density at radius 3 is 2.43 bits per heavy atom. The molecular formula is C12H17FO. The lowest BCUT2D eigenvalue weighted by Gasteiger charge is -2.09. The smallest absolute Gasteiger partial charge is 0.123 e. The minimum Gasteiger partial charge on any atom is -0.388 e. The normalized spacial score (nSPS) is 12.8. The fourth-order valence-electron chi connectivity index (χ4n) is 1.44. The zero-order valence-electron chi connectivity index (χ0n) is 8.54. The summed E-state index contributed by atoms with van der Waals surface area (Å²) in [5.74, 6) is -0.255. The van der Waals surface area contributed by atoms with Crippen LogP contribution in [0.4, 0.5) is 4.39 Å². The Morgan fingerprint density at radius 1 is 1.21 bits per heavy atom. The summed E-state index contributed by atoms with van der Waals surface area (Å²) in [7, 11) is 0. The van der Waals surface area contributed by atoms with Crippen LogP contribution in [-0.4, -0.2) is 5.11 Å². The van der Waals surface area contributed by atoms with Gasteiger partial charge in [-0.1, -0.05) is 38.3 Å². The van der Waals surface area contributed by atoms with Crippen LogP contribution in [0.5, 0.6) is 0 Å². The van der Waals surface area contributed by atoms with Crippen LogP contribution in [-0.2, 0) is 0 Å². The second-order valence-corrected chi connectivity index (χ2v) is 3.56. The van der Waals surface area contributed by atoms with E-state index in [1.54, 1.807) is 12.1 Å². The van der Waals surface area contributed by atoms with Gasteiger partial charge in [0.25, 0.3) is 0 Å². The molecule has 1 nitrogen and oxygen atoms in total. The zero-order chi connectivity index (χ0) is 10.4. The first-order valence-corrected chi connectivity index (χ1v) is 5.17. The molecule has 1 N–H and O–H groups in total. The highest BCUT2D eigenvalue weighted by Gasteiger charge is 2.06. The van der Waals surface area contributed by atoms with E-state index in [1.807, 2.05) is 0 Å². The molecule has 0 aliphatic rings. The summed E-state index contributed by atoms with van der Waals surface area (Å²) in [5, 5.41) is 9.72. The summed E-state index contributed by atoms with van der Waals surface area (Å²) in [5.41, 5.74) is 0.808. The highest BCUT2D eigenvalue weighted by atomic mass is 19.1. The van der Waals surface area contributed by atoms with Gasteiger partial charge in [0.15, 0.2) is 0 Å². The Hall–Kier alpha value is -0.890. The van der Waals surface area contributed by atoms with Crippen molar-refractivity contribution in [2.75, 3.05) is 0 Å². The molecule has 0 aliphatic carbocycles. The Balaban J connectivity index is 2.43. The number of rotatable bonds is 5. The van der Waals surface area contributed by atoms with Gasteiger partial charge in [0, 0.05) is 0 Å². The van der Waals surface area contributed by atoms with Gasteiger partial charge in [-0.2, -0.15) is 0 Å². The number of unbranched alkanes of at least 4 members (excludes halogenated alkanes) is 2. The minimum atomic E-state index is -0.442. The van der Waals surface area contributed by atoms with E-state index in [0.717, 1.165) is 31.2 Å². The molecule has 0 saturated heterocycles. The fourth-order valence-corrected chi connectivity index (χ4v) is 1.44. The second-order valence-electron chi connectivity index (χ2n) is 3.56. The van der Waals surface area contributed by atoms with Crippen LogP contribution in [0.3, 0.4) is 0 Å². The van der Waals surface area contributed by atoms with Crippen LogP contribution in [0.15, 0.2) is 24.3 Å². The first-order valence-electron chi connectivity index (χ1n) is 5.17. The fraction of sp³-hybridized carbons (Fsp3) is 0.500. The molecule has 0 bridgehead atoms. The van der Waals surface area contributed by atoms with Crippen molar-refractivity contribution >= 4 is 0 Å². The van der Waals surface area contributed by atoms with E-state index in [2.05, 4.69) is 6.92 Å². The summed E-state index contributed by atoms with van der Waals surface area (Å²) in [6.45, 7) is 2.13. The number of benzene rings is 1. The lowest BCUT2D eigenvalue weighted by atomic mass is 10.0. The highest BCUT2D eigenvalue weighted by molar-refractivity contribution is 5.18. The Bertz CT molecular complexity index is 256. The van der Waals surface area contributed by atoms with Crippen molar-refractivity contribution < 1.29 is 9.50 Å². The molecular weight excluding hydrogens is 179 g/mol. The van der Waals surface area contributed by atoms with Crippen LogP contribution in [0.1, 0.15) is 44.3 Å². The van der Waals surface area contributed by atoms with Crippen molar-refractivity contribution in [2.24, 2.45) is 0 Å². The summed E-state index contributed by atoms with van der Waals surface area (Å²) < 4.78 is 12.6. The third-order valence-electron chi connectivity index (χ3n) is 2.34.